The zero-order valence-electron chi connectivity index (χ0n) is 13.3. The lowest BCUT2D eigenvalue weighted by Crippen LogP contribution is -2.09. The number of hydrogen-bond acceptors (Lipinski definition) is 6. The van der Waals surface area contributed by atoms with Crippen LogP contribution in [-0.4, -0.2) is 21.4 Å². The molecule has 25 heavy (non-hydrogen) atoms. The highest BCUT2D eigenvalue weighted by atomic mass is 19.4. The van der Waals surface area contributed by atoms with E-state index in [1.54, 1.807) is 0 Å². The molecule has 0 unspecified atom stereocenters. The molecule has 0 atom stereocenters. The summed E-state index contributed by atoms with van der Waals surface area (Å²) in [5.41, 5.74) is -1.25. The Hall–Kier alpha value is -2.91. The lowest BCUT2D eigenvalue weighted by atomic mass is 10.2. The molecule has 7 nitrogen and oxygen atoms in total. The second-order valence-electron chi connectivity index (χ2n) is 5.16. The predicted molar refractivity (Wildman–Crippen MR) is 86.8 cm³/mol. The minimum absolute atomic E-state index is 0.0166. The number of nitro groups is 1. The van der Waals surface area contributed by atoms with E-state index in [2.05, 4.69) is 20.6 Å². The fraction of sp³-hybridized carbons (Fsp3) is 0.333. The van der Waals surface area contributed by atoms with Crippen molar-refractivity contribution in [3.05, 3.63) is 46.3 Å². The molecule has 0 fully saturated rings. The van der Waals surface area contributed by atoms with Crippen LogP contribution in [0.3, 0.4) is 0 Å². The molecule has 0 saturated carbocycles. The molecule has 2 rings (SSSR count). The fourth-order valence-corrected chi connectivity index (χ4v) is 2.07. The molecule has 1 aromatic carbocycles. The lowest BCUT2D eigenvalue weighted by molar-refractivity contribution is -0.383. The van der Waals surface area contributed by atoms with Crippen LogP contribution in [0, 0.1) is 10.1 Å². The number of benzene rings is 1. The van der Waals surface area contributed by atoms with Gasteiger partial charge in [-0.3, -0.25) is 10.1 Å². The Morgan fingerprint density at radius 2 is 1.96 bits per heavy atom. The third kappa shape index (κ3) is 4.78. The topological polar surface area (TPSA) is 93.0 Å². The van der Waals surface area contributed by atoms with E-state index in [0.717, 1.165) is 31.3 Å². The molecular formula is C15H16F3N5O2. The van der Waals surface area contributed by atoms with Gasteiger partial charge in [0.05, 0.1) is 10.5 Å². The van der Waals surface area contributed by atoms with Crippen molar-refractivity contribution < 1.29 is 18.1 Å². The summed E-state index contributed by atoms with van der Waals surface area (Å²) < 4.78 is 38.3. The molecule has 0 aliphatic heterocycles. The fourth-order valence-electron chi connectivity index (χ4n) is 2.07. The first-order valence-corrected chi connectivity index (χ1v) is 7.50. The van der Waals surface area contributed by atoms with E-state index >= 15 is 0 Å². The molecule has 10 heteroatoms. The molecule has 1 aromatic heterocycles. The summed E-state index contributed by atoms with van der Waals surface area (Å²) >= 11 is 0. The van der Waals surface area contributed by atoms with Gasteiger partial charge in [-0.05, 0) is 24.6 Å². The SMILES string of the molecule is CCCCNc1ncnc(Nc2cccc(C(F)(F)F)c2)c1[N+](=O)[O-]. The highest BCUT2D eigenvalue weighted by Gasteiger charge is 2.30. The summed E-state index contributed by atoms with van der Waals surface area (Å²) in [6.07, 6.45) is -1.72. The van der Waals surface area contributed by atoms with Crippen molar-refractivity contribution in [2.45, 2.75) is 25.9 Å². The molecule has 0 saturated heterocycles. The van der Waals surface area contributed by atoms with Gasteiger partial charge in [-0.2, -0.15) is 13.2 Å². The molecular weight excluding hydrogens is 339 g/mol. The van der Waals surface area contributed by atoms with Gasteiger partial charge in [0, 0.05) is 12.2 Å². The quantitative estimate of drug-likeness (QED) is 0.435. The summed E-state index contributed by atoms with van der Waals surface area (Å²) in [5.74, 6) is -0.166. The standard InChI is InChI=1S/C15H16F3N5O2/c1-2-3-7-19-13-12(23(24)25)14(21-9-20-13)22-11-6-4-5-10(8-11)15(16,17)18/h4-6,8-9H,2-3,7H2,1H3,(H2,19,20,21,22). The summed E-state index contributed by atoms with van der Waals surface area (Å²) in [6.45, 7) is 2.45. The average Bonchev–Trinajstić information content (AvgIpc) is 2.54. The van der Waals surface area contributed by atoms with Crippen molar-refractivity contribution in [1.82, 2.24) is 9.97 Å². The second-order valence-corrected chi connectivity index (χ2v) is 5.16. The van der Waals surface area contributed by atoms with Crippen LogP contribution in [0.15, 0.2) is 30.6 Å². The van der Waals surface area contributed by atoms with Crippen LogP contribution < -0.4 is 10.6 Å². The molecule has 0 aliphatic carbocycles. The molecule has 134 valence electrons. The van der Waals surface area contributed by atoms with Gasteiger partial charge >= 0.3 is 11.9 Å². The first kappa shape index (κ1) is 18.4. The first-order chi connectivity index (χ1) is 11.8. The summed E-state index contributed by atoms with van der Waals surface area (Å²) in [5, 5.41) is 16.8. The van der Waals surface area contributed by atoms with Gasteiger partial charge in [0.2, 0.25) is 11.6 Å². The van der Waals surface area contributed by atoms with Crippen LogP contribution >= 0.6 is 0 Å². The van der Waals surface area contributed by atoms with E-state index in [1.165, 1.54) is 12.1 Å². The maximum Gasteiger partial charge on any atom is 0.416 e. The zero-order chi connectivity index (χ0) is 18.4. The minimum atomic E-state index is -4.51. The molecule has 0 spiro atoms. The summed E-state index contributed by atoms with van der Waals surface area (Å²) in [4.78, 5) is 18.3. The Kier molecular flexibility index (Phi) is 5.73. The second kappa shape index (κ2) is 7.77. The van der Waals surface area contributed by atoms with Crippen molar-refractivity contribution in [1.29, 1.82) is 0 Å². The van der Waals surface area contributed by atoms with Gasteiger partial charge in [0.1, 0.15) is 6.33 Å². The maximum absolute atomic E-state index is 12.8. The van der Waals surface area contributed by atoms with Crippen molar-refractivity contribution in [3.63, 3.8) is 0 Å². The van der Waals surface area contributed by atoms with E-state index in [1.807, 2.05) is 6.92 Å². The Morgan fingerprint density at radius 3 is 2.60 bits per heavy atom. The highest BCUT2D eigenvalue weighted by Crippen LogP contribution is 2.34. The van der Waals surface area contributed by atoms with Crippen LogP contribution in [0.4, 0.5) is 36.2 Å². The van der Waals surface area contributed by atoms with Crippen LogP contribution in [0.1, 0.15) is 25.3 Å². The van der Waals surface area contributed by atoms with Crippen molar-refractivity contribution in [2.24, 2.45) is 0 Å². The smallest absolute Gasteiger partial charge is 0.364 e. The molecule has 2 aromatic rings. The van der Waals surface area contributed by atoms with E-state index in [-0.39, 0.29) is 17.3 Å². The highest BCUT2D eigenvalue weighted by molar-refractivity contribution is 5.73. The van der Waals surface area contributed by atoms with Gasteiger partial charge < -0.3 is 10.6 Å². The number of rotatable bonds is 7. The third-order valence-electron chi connectivity index (χ3n) is 3.28. The zero-order valence-corrected chi connectivity index (χ0v) is 13.3. The number of anilines is 3. The van der Waals surface area contributed by atoms with Gasteiger partial charge in [-0.25, -0.2) is 9.97 Å². The largest absolute Gasteiger partial charge is 0.416 e. The minimum Gasteiger partial charge on any atom is -0.364 e. The molecule has 0 bridgehead atoms. The van der Waals surface area contributed by atoms with Crippen LogP contribution in [0.2, 0.25) is 0 Å². The normalized spacial score (nSPS) is 11.2. The van der Waals surface area contributed by atoms with Gasteiger partial charge in [-0.15, -0.1) is 0 Å². The van der Waals surface area contributed by atoms with Crippen molar-refractivity contribution >= 4 is 23.0 Å². The Balaban J connectivity index is 2.33. The van der Waals surface area contributed by atoms with E-state index in [4.69, 9.17) is 0 Å². The van der Waals surface area contributed by atoms with Crippen LogP contribution in [0.25, 0.3) is 0 Å². The molecule has 0 aliphatic rings. The molecule has 2 N–H and O–H groups in total. The summed E-state index contributed by atoms with van der Waals surface area (Å²) in [7, 11) is 0. The monoisotopic (exact) mass is 355 g/mol. The van der Waals surface area contributed by atoms with Gasteiger partial charge in [-0.1, -0.05) is 19.4 Å². The first-order valence-electron chi connectivity index (χ1n) is 7.50. The lowest BCUT2D eigenvalue weighted by Gasteiger charge is -2.11. The van der Waals surface area contributed by atoms with Crippen LogP contribution in [0.5, 0.6) is 0 Å². The Morgan fingerprint density at radius 1 is 1.24 bits per heavy atom. The number of hydrogen-bond donors (Lipinski definition) is 2. The number of nitrogens with zero attached hydrogens (tertiary/aromatic N) is 3. The average molecular weight is 355 g/mol. The molecule has 0 amide bonds. The van der Waals surface area contributed by atoms with E-state index in [9.17, 15) is 23.3 Å². The number of unbranched alkanes of at least 4 members (excludes halogenated alkanes) is 1. The summed E-state index contributed by atoms with van der Waals surface area (Å²) in [6, 6.07) is 4.34. The third-order valence-corrected chi connectivity index (χ3v) is 3.28. The number of alkyl halides is 3. The number of nitrogens with one attached hydrogen (secondary N) is 2. The molecule has 0 radical (unpaired) electrons. The Labute approximate surface area is 141 Å². The van der Waals surface area contributed by atoms with Crippen molar-refractivity contribution in [3.8, 4) is 0 Å². The van der Waals surface area contributed by atoms with Gasteiger partial charge in [0.15, 0.2) is 0 Å². The Bertz CT molecular complexity index is 752. The predicted octanol–water partition coefficient (Wildman–Crippen LogP) is 4.36. The number of halogens is 3. The van der Waals surface area contributed by atoms with E-state index in [0.29, 0.717) is 6.54 Å². The molecule has 1 heterocycles. The van der Waals surface area contributed by atoms with Crippen molar-refractivity contribution in [2.75, 3.05) is 17.2 Å². The van der Waals surface area contributed by atoms with Gasteiger partial charge in [0.25, 0.3) is 0 Å². The van der Waals surface area contributed by atoms with Crippen LogP contribution in [-0.2, 0) is 6.18 Å². The maximum atomic E-state index is 12.8. The van der Waals surface area contributed by atoms with E-state index < -0.39 is 22.4 Å². The number of aromatic nitrogens is 2.